The number of amides is 1. The lowest BCUT2D eigenvalue weighted by Crippen LogP contribution is -2.37. The minimum Gasteiger partial charge on any atom is -0.497 e. The number of thiophene rings is 1. The summed E-state index contributed by atoms with van der Waals surface area (Å²) in [5, 5.41) is 2.86. The Labute approximate surface area is 170 Å². The van der Waals surface area contributed by atoms with Crippen molar-refractivity contribution >= 4 is 27.3 Å². The highest BCUT2D eigenvalue weighted by Gasteiger charge is 2.29. The third kappa shape index (κ3) is 5.12. The Kier molecular flexibility index (Phi) is 6.74. The first-order chi connectivity index (χ1) is 13.4. The molecule has 1 fully saturated rings. The van der Waals surface area contributed by atoms with Crippen LogP contribution < -0.4 is 10.1 Å². The molecule has 28 heavy (non-hydrogen) atoms. The van der Waals surface area contributed by atoms with Crippen LogP contribution in [0.4, 0.5) is 0 Å². The van der Waals surface area contributed by atoms with Crippen LogP contribution >= 0.6 is 11.3 Å². The van der Waals surface area contributed by atoms with E-state index in [0.717, 1.165) is 23.3 Å². The van der Waals surface area contributed by atoms with E-state index >= 15 is 0 Å². The van der Waals surface area contributed by atoms with E-state index in [9.17, 15) is 13.2 Å². The molecule has 152 valence electrons. The van der Waals surface area contributed by atoms with Gasteiger partial charge in [-0.3, -0.25) is 4.79 Å². The summed E-state index contributed by atoms with van der Waals surface area (Å²) in [5.74, 6) is 1.17. The van der Waals surface area contributed by atoms with Crippen LogP contribution in [0, 0.1) is 5.92 Å². The topological polar surface area (TPSA) is 75.7 Å². The third-order valence-electron chi connectivity index (χ3n) is 4.93. The molecule has 1 aromatic carbocycles. The molecular formula is C20H26N2O4S2. The van der Waals surface area contributed by atoms with Gasteiger partial charge in [0.2, 0.25) is 5.91 Å². The van der Waals surface area contributed by atoms with Gasteiger partial charge < -0.3 is 10.1 Å². The zero-order valence-electron chi connectivity index (χ0n) is 16.2. The van der Waals surface area contributed by atoms with Crippen LogP contribution in [0.15, 0.2) is 40.6 Å². The molecule has 0 spiro atoms. The normalized spacial score (nSPS) is 16.1. The molecule has 0 atom stereocenters. The van der Waals surface area contributed by atoms with E-state index in [-0.39, 0.29) is 12.3 Å². The van der Waals surface area contributed by atoms with Crippen molar-refractivity contribution in [2.45, 2.75) is 36.9 Å². The maximum absolute atomic E-state index is 12.8. The Morgan fingerprint density at radius 2 is 2.00 bits per heavy atom. The van der Waals surface area contributed by atoms with E-state index in [4.69, 9.17) is 4.74 Å². The molecule has 8 heteroatoms. The van der Waals surface area contributed by atoms with Crippen molar-refractivity contribution in [3.8, 4) is 5.75 Å². The minimum absolute atomic E-state index is 0.115. The lowest BCUT2D eigenvalue weighted by molar-refractivity contribution is -0.120. The second kappa shape index (κ2) is 9.07. The number of nitrogens with one attached hydrogen (secondary N) is 1. The van der Waals surface area contributed by atoms with Gasteiger partial charge in [-0.05, 0) is 48.6 Å². The fourth-order valence-corrected chi connectivity index (χ4v) is 6.08. The number of ether oxygens (including phenoxy) is 1. The summed E-state index contributed by atoms with van der Waals surface area (Å²) in [5.41, 5.74) is 0.866. The molecule has 1 amide bonds. The molecule has 1 aromatic heterocycles. The van der Waals surface area contributed by atoms with E-state index in [1.807, 2.05) is 24.3 Å². The summed E-state index contributed by atoms with van der Waals surface area (Å²) in [6.45, 7) is 3.63. The monoisotopic (exact) mass is 422 g/mol. The van der Waals surface area contributed by atoms with Gasteiger partial charge in [0.25, 0.3) is 10.0 Å². The van der Waals surface area contributed by atoms with Crippen molar-refractivity contribution < 1.29 is 17.9 Å². The third-order valence-corrected chi connectivity index (χ3v) is 8.38. The van der Waals surface area contributed by atoms with Crippen molar-refractivity contribution in [3.63, 3.8) is 0 Å². The Balaban J connectivity index is 1.56. The molecule has 0 bridgehead atoms. The molecule has 1 aliphatic rings. The van der Waals surface area contributed by atoms with Crippen molar-refractivity contribution in [3.05, 3.63) is 46.8 Å². The number of rotatable bonds is 7. The van der Waals surface area contributed by atoms with Gasteiger partial charge >= 0.3 is 0 Å². The molecule has 0 saturated carbocycles. The van der Waals surface area contributed by atoms with Gasteiger partial charge in [-0.2, -0.15) is 4.31 Å². The number of benzene rings is 1. The van der Waals surface area contributed by atoms with Gasteiger partial charge in [0, 0.05) is 18.0 Å². The van der Waals surface area contributed by atoms with E-state index in [1.165, 1.54) is 11.3 Å². The number of carbonyl (C=O) groups excluding carboxylic acids is 1. The summed E-state index contributed by atoms with van der Waals surface area (Å²) in [6, 6.07) is 10.8. The number of piperidine rings is 1. The molecule has 1 N–H and O–H groups in total. The fourth-order valence-electron chi connectivity index (χ4n) is 3.16. The molecule has 0 unspecified atom stereocenters. The second-order valence-electron chi connectivity index (χ2n) is 7.11. The molecule has 0 aliphatic carbocycles. The van der Waals surface area contributed by atoms with Crippen LogP contribution in [0.2, 0.25) is 0 Å². The summed E-state index contributed by atoms with van der Waals surface area (Å²) in [4.78, 5) is 13.0. The molecule has 0 radical (unpaired) electrons. The van der Waals surface area contributed by atoms with Gasteiger partial charge in [0.05, 0.1) is 20.1 Å². The highest BCUT2D eigenvalue weighted by Crippen LogP contribution is 2.28. The van der Waals surface area contributed by atoms with Gasteiger partial charge in [-0.1, -0.05) is 19.1 Å². The molecule has 1 aliphatic heterocycles. The van der Waals surface area contributed by atoms with Crippen molar-refractivity contribution in [2.75, 3.05) is 20.2 Å². The van der Waals surface area contributed by atoms with Gasteiger partial charge in [-0.25, -0.2) is 8.42 Å². The van der Waals surface area contributed by atoms with E-state index in [0.29, 0.717) is 35.5 Å². The van der Waals surface area contributed by atoms with Gasteiger partial charge in [0.1, 0.15) is 9.96 Å². The number of sulfonamides is 1. The zero-order chi connectivity index (χ0) is 20.1. The predicted octanol–water partition coefficient (Wildman–Crippen LogP) is 3.04. The Morgan fingerprint density at radius 1 is 1.25 bits per heavy atom. The average Bonchev–Trinajstić information content (AvgIpc) is 3.17. The average molecular weight is 423 g/mol. The van der Waals surface area contributed by atoms with E-state index < -0.39 is 10.0 Å². The second-order valence-corrected chi connectivity index (χ2v) is 10.4. The highest BCUT2D eigenvalue weighted by atomic mass is 32.2. The van der Waals surface area contributed by atoms with Crippen LogP contribution in [0.3, 0.4) is 0 Å². The quantitative estimate of drug-likeness (QED) is 0.744. The van der Waals surface area contributed by atoms with Crippen molar-refractivity contribution in [1.82, 2.24) is 9.62 Å². The molecule has 6 nitrogen and oxygen atoms in total. The summed E-state index contributed by atoms with van der Waals surface area (Å²) < 4.78 is 32.7. The van der Waals surface area contributed by atoms with Crippen LogP contribution in [-0.4, -0.2) is 38.8 Å². The summed E-state index contributed by atoms with van der Waals surface area (Å²) in [7, 11) is -1.84. The standard InChI is InChI=1S/C20H26N2O4S2/c1-15-8-10-22(11-9-15)28(24,25)20-7-6-18(27-20)14-21-19(23)13-16-4-3-5-17(12-16)26-2/h3-7,12,15H,8-11,13-14H2,1-2H3,(H,21,23). The SMILES string of the molecule is COc1cccc(CC(=O)NCc2ccc(S(=O)(=O)N3CCC(C)CC3)s2)c1. The zero-order valence-corrected chi connectivity index (χ0v) is 17.8. The number of nitrogens with zero attached hydrogens (tertiary/aromatic N) is 1. The largest absolute Gasteiger partial charge is 0.497 e. The highest BCUT2D eigenvalue weighted by molar-refractivity contribution is 7.91. The Morgan fingerprint density at radius 3 is 2.71 bits per heavy atom. The smallest absolute Gasteiger partial charge is 0.252 e. The van der Waals surface area contributed by atoms with E-state index in [2.05, 4.69) is 12.2 Å². The predicted molar refractivity (Wildman–Crippen MR) is 110 cm³/mol. The first-order valence-electron chi connectivity index (χ1n) is 9.37. The molecule has 1 saturated heterocycles. The molecular weight excluding hydrogens is 396 g/mol. The number of hydrogen-bond donors (Lipinski definition) is 1. The fraction of sp³-hybridized carbons (Fsp3) is 0.450. The van der Waals surface area contributed by atoms with Crippen molar-refractivity contribution in [1.29, 1.82) is 0 Å². The summed E-state index contributed by atoms with van der Waals surface area (Å²) in [6.07, 6.45) is 2.05. The molecule has 2 heterocycles. The Bertz CT molecular complexity index is 916. The van der Waals surface area contributed by atoms with Crippen molar-refractivity contribution in [2.24, 2.45) is 5.92 Å². The molecule has 2 aromatic rings. The maximum atomic E-state index is 12.8. The number of carbonyl (C=O) groups is 1. The van der Waals surface area contributed by atoms with Crippen LogP contribution in [-0.2, 0) is 27.8 Å². The maximum Gasteiger partial charge on any atom is 0.252 e. The first-order valence-corrected chi connectivity index (χ1v) is 11.6. The van der Waals surface area contributed by atoms with Crippen LogP contribution in [0.1, 0.15) is 30.2 Å². The lowest BCUT2D eigenvalue weighted by atomic mass is 10.0. The first kappa shape index (κ1) is 20.8. The van der Waals surface area contributed by atoms with Crippen LogP contribution in [0.25, 0.3) is 0 Å². The molecule has 3 rings (SSSR count). The summed E-state index contributed by atoms with van der Waals surface area (Å²) >= 11 is 1.22. The van der Waals surface area contributed by atoms with E-state index in [1.54, 1.807) is 23.5 Å². The Hall–Kier alpha value is -1.90. The minimum atomic E-state index is -3.43. The number of methoxy groups -OCH3 is 1. The van der Waals surface area contributed by atoms with Gasteiger partial charge in [-0.15, -0.1) is 11.3 Å². The van der Waals surface area contributed by atoms with Crippen LogP contribution in [0.5, 0.6) is 5.75 Å². The number of hydrogen-bond acceptors (Lipinski definition) is 5. The van der Waals surface area contributed by atoms with Gasteiger partial charge in [0.15, 0.2) is 0 Å². The lowest BCUT2D eigenvalue weighted by Gasteiger charge is -2.28.